The summed E-state index contributed by atoms with van der Waals surface area (Å²) >= 11 is 0. The third-order valence-electron chi connectivity index (χ3n) is 5.66. The minimum absolute atomic E-state index is 0.0632. The number of hydrogen-bond acceptors (Lipinski definition) is 3. The van der Waals surface area contributed by atoms with Gasteiger partial charge in [-0.1, -0.05) is 48.5 Å². The number of rotatable bonds is 7. The highest BCUT2D eigenvalue weighted by Crippen LogP contribution is 2.44. The maximum atomic E-state index is 13.9. The summed E-state index contributed by atoms with van der Waals surface area (Å²) in [5.74, 6) is -3.84. The molecule has 0 aromatic heterocycles. The maximum Gasteiger partial charge on any atom is 0.407 e. The summed E-state index contributed by atoms with van der Waals surface area (Å²) in [7, 11) is 0. The summed E-state index contributed by atoms with van der Waals surface area (Å²) in [6, 6.07) is 18.7. The maximum absolute atomic E-state index is 13.9. The Balaban J connectivity index is 1.37. The first-order valence-electron chi connectivity index (χ1n) is 10.2. The third kappa shape index (κ3) is 4.46. The van der Waals surface area contributed by atoms with Crippen LogP contribution in [0.5, 0.6) is 0 Å². The van der Waals surface area contributed by atoms with Crippen molar-refractivity contribution in [3.8, 4) is 11.1 Å². The molecule has 0 unspecified atom stereocenters. The van der Waals surface area contributed by atoms with Crippen molar-refractivity contribution in [1.29, 1.82) is 0 Å². The Morgan fingerprint density at radius 3 is 2.22 bits per heavy atom. The topological polar surface area (TPSA) is 75.6 Å². The summed E-state index contributed by atoms with van der Waals surface area (Å²) in [5, 5.41) is 11.9. The third-order valence-corrected chi connectivity index (χ3v) is 5.66. The Hall–Kier alpha value is -3.74. The van der Waals surface area contributed by atoms with Gasteiger partial charge in [-0.15, -0.1) is 0 Å². The van der Waals surface area contributed by atoms with Gasteiger partial charge in [-0.2, -0.15) is 0 Å². The van der Waals surface area contributed by atoms with Crippen LogP contribution in [0.2, 0.25) is 0 Å². The van der Waals surface area contributed by atoms with E-state index < -0.39 is 29.6 Å². The molecule has 5 nitrogen and oxygen atoms in total. The summed E-state index contributed by atoms with van der Waals surface area (Å²) < 4.78 is 32.6. The van der Waals surface area contributed by atoms with E-state index in [1.165, 1.54) is 0 Å². The number of nitrogens with one attached hydrogen (secondary N) is 1. The second-order valence-electron chi connectivity index (χ2n) is 7.68. The lowest BCUT2D eigenvalue weighted by Gasteiger charge is -2.16. The van der Waals surface area contributed by atoms with Gasteiger partial charge in [0.1, 0.15) is 18.2 Å². The Morgan fingerprint density at radius 1 is 0.969 bits per heavy atom. The molecule has 0 fully saturated rings. The largest absolute Gasteiger partial charge is 0.481 e. The standard InChI is InChI=1S/C25H21F2NO4/c26-17-9-10-23(27)15(12-17)11-16(24(29)30)13-28-25(31)32-14-22-20-7-3-1-5-18(20)19-6-2-4-8-21(19)22/h1-10,12,16,22H,11,13-14H2,(H,28,31)(H,29,30)/t16-/m0/s1. The molecule has 4 rings (SSSR count). The number of fused-ring (bicyclic) bond motifs is 3. The lowest BCUT2D eigenvalue weighted by Crippen LogP contribution is -2.35. The fraction of sp³-hybridized carbons (Fsp3) is 0.200. The van der Waals surface area contributed by atoms with Gasteiger partial charge < -0.3 is 15.2 Å². The average Bonchev–Trinajstić information content (AvgIpc) is 3.11. The quantitative estimate of drug-likeness (QED) is 0.560. The molecule has 7 heteroatoms. The number of ether oxygens (including phenoxy) is 1. The molecular weight excluding hydrogens is 416 g/mol. The van der Waals surface area contributed by atoms with Crippen molar-refractivity contribution in [1.82, 2.24) is 5.32 Å². The monoisotopic (exact) mass is 437 g/mol. The molecule has 2 N–H and O–H groups in total. The molecule has 3 aromatic rings. The van der Waals surface area contributed by atoms with E-state index in [0.29, 0.717) is 0 Å². The van der Waals surface area contributed by atoms with Crippen molar-refractivity contribution in [3.05, 3.63) is 95.1 Å². The van der Waals surface area contributed by atoms with E-state index in [2.05, 4.69) is 5.32 Å². The molecule has 0 saturated heterocycles. The van der Waals surface area contributed by atoms with Crippen LogP contribution in [0.15, 0.2) is 66.7 Å². The average molecular weight is 437 g/mol. The summed E-state index contributed by atoms with van der Waals surface area (Å²) in [6.07, 6.45) is -1.03. The number of carboxylic acids is 1. The number of halogens is 2. The molecule has 0 saturated carbocycles. The van der Waals surface area contributed by atoms with Crippen LogP contribution in [0, 0.1) is 17.6 Å². The van der Waals surface area contributed by atoms with Crippen LogP contribution in [-0.2, 0) is 16.0 Å². The van der Waals surface area contributed by atoms with E-state index >= 15 is 0 Å². The first kappa shape index (κ1) is 21.5. The number of carbonyl (C=O) groups is 2. The molecule has 3 aromatic carbocycles. The van der Waals surface area contributed by atoms with E-state index in [0.717, 1.165) is 40.5 Å². The lowest BCUT2D eigenvalue weighted by atomic mass is 9.98. The molecule has 0 radical (unpaired) electrons. The molecule has 1 aliphatic carbocycles. The molecule has 1 aliphatic rings. The predicted octanol–water partition coefficient (Wildman–Crippen LogP) is 4.75. The Morgan fingerprint density at radius 2 is 1.59 bits per heavy atom. The van der Waals surface area contributed by atoms with Crippen molar-refractivity contribution in [2.75, 3.05) is 13.2 Å². The molecular formula is C25H21F2NO4. The number of carboxylic acid groups (broad SMARTS) is 1. The van der Waals surface area contributed by atoms with Crippen LogP contribution in [0.4, 0.5) is 13.6 Å². The molecule has 1 amide bonds. The van der Waals surface area contributed by atoms with Gasteiger partial charge in [0, 0.05) is 12.5 Å². The molecule has 164 valence electrons. The molecule has 0 aliphatic heterocycles. The molecule has 1 atom stereocenters. The number of alkyl carbamates (subject to hydrolysis) is 1. The molecule has 0 heterocycles. The van der Waals surface area contributed by atoms with Gasteiger partial charge in [0.2, 0.25) is 0 Å². The Bertz CT molecular complexity index is 1120. The van der Waals surface area contributed by atoms with Gasteiger partial charge in [0.25, 0.3) is 0 Å². The summed E-state index contributed by atoms with van der Waals surface area (Å²) in [6.45, 7) is -0.182. The first-order chi connectivity index (χ1) is 15.4. The smallest absolute Gasteiger partial charge is 0.407 e. The zero-order valence-electron chi connectivity index (χ0n) is 17.1. The van der Waals surface area contributed by atoms with Gasteiger partial charge in [0.15, 0.2) is 0 Å². The molecule has 32 heavy (non-hydrogen) atoms. The van der Waals surface area contributed by atoms with Crippen molar-refractivity contribution in [2.24, 2.45) is 5.92 Å². The van der Waals surface area contributed by atoms with Crippen LogP contribution in [0.1, 0.15) is 22.6 Å². The van der Waals surface area contributed by atoms with Gasteiger partial charge in [-0.3, -0.25) is 4.79 Å². The normalized spacial score (nSPS) is 13.2. The number of aliphatic carboxylic acids is 1. The van der Waals surface area contributed by atoms with Gasteiger partial charge >= 0.3 is 12.1 Å². The molecule has 0 spiro atoms. The van der Waals surface area contributed by atoms with Crippen molar-refractivity contribution in [3.63, 3.8) is 0 Å². The van der Waals surface area contributed by atoms with Crippen molar-refractivity contribution in [2.45, 2.75) is 12.3 Å². The van der Waals surface area contributed by atoms with Crippen LogP contribution in [0.25, 0.3) is 11.1 Å². The van der Waals surface area contributed by atoms with Crippen molar-refractivity contribution >= 4 is 12.1 Å². The lowest BCUT2D eigenvalue weighted by molar-refractivity contribution is -0.141. The number of hydrogen-bond donors (Lipinski definition) is 2. The van der Waals surface area contributed by atoms with E-state index in [9.17, 15) is 23.5 Å². The zero-order chi connectivity index (χ0) is 22.7. The predicted molar refractivity (Wildman–Crippen MR) is 114 cm³/mol. The van der Waals surface area contributed by atoms with Crippen molar-refractivity contribution < 1.29 is 28.2 Å². The second kappa shape index (κ2) is 9.18. The number of benzene rings is 3. The van der Waals surface area contributed by atoms with Crippen LogP contribution in [-0.4, -0.2) is 30.3 Å². The highest BCUT2D eigenvalue weighted by Gasteiger charge is 2.29. The number of amides is 1. The first-order valence-corrected chi connectivity index (χ1v) is 10.2. The van der Waals surface area contributed by atoms with Crippen LogP contribution >= 0.6 is 0 Å². The van der Waals surface area contributed by atoms with Gasteiger partial charge in [0.05, 0.1) is 5.92 Å². The highest BCUT2D eigenvalue weighted by atomic mass is 19.1. The fourth-order valence-corrected chi connectivity index (χ4v) is 4.07. The Labute approximate surface area is 183 Å². The highest BCUT2D eigenvalue weighted by molar-refractivity contribution is 5.79. The summed E-state index contributed by atoms with van der Waals surface area (Å²) in [4.78, 5) is 23.8. The SMILES string of the molecule is O=C(NC[C@H](Cc1cc(F)ccc1F)C(=O)O)OCC1c2ccccc2-c2ccccc21. The summed E-state index contributed by atoms with van der Waals surface area (Å²) in [5.41, 5.74) is 4.25. The second-order valence-corrected chi connectivity index (χ2v) is 7.68. The minimum Gasteiger partial charge on any atom is -0.481 e. The zero-order valence-corrected chi connectivity index (χ0v) is 17.1. The van der Waals surface area contributed by atoms with Crippen LogP contribution in [0.3, 0.4) is 0 Å². The van der Waals surface area contributed by atoms with E-state index in [1.807, 2.05) is 48.5 Å². The van der Waals surface area contributed by atoms with Gasteiger partial charge in [-0.25, -0.2) is 13.6 Å². The fourth-order valence-electron chi connectivity index (χ4n) is 4.07. The minimum atomic E-state index is -1.23. The number of carbonyl (C=O) groups excluding carboxylic acids is 1. The molecule has 0 bridgehead atoms. The van der Waals surface area contributed by atoms with Crippen LogP contribution < -0.4 is 5.32 Å². The Kier molecular flexibility index (Phi) is 6.16. The van der Waals surface area contributed by atoms with E-state index in [-0.39, 0.29) is 31.1 Å². The van der Waals surface area contributed by atoms with E-state index in [1.54, 1.807) is 0 Å². The van der Waals surface area contributed by atoms with E-state index in [4.69, 9.17) is 4.74 Å². The van der Waals surface area contributed by atoms with Gasteiger partial charge in [-0.05, 0) is 52.4 Å².